The van der Waals surface area contributed by atoms with Gasteiger partial charge in [-0.1, -0.05) is 40.5 Å². The van der Waals surface area contributed by atoms with Crippen molar-refractivity contribution in [1.29, 1.82) is 0 Å². The van der Waals surface area contributed by atoms with Crippen molar-refractivity contribution < 1.29 is 4.79 Å². The standard InChI is InChI=1S/C23H38O/c1-15(2)21(24)20-11-10-18-17-9-8-16-7-5-6-13-22(16,3)19(17)12-14-23(18,20)4/h15-20H,5-14H2,1-4H3/t16?,17-,18-,19-,20+,22-,23-/m0/s1. The van der Waals surface area contributed by atoms with Crippen LogP contribution >= 0.6 is 0 Å². The van der Waals surface area contributed by atoms with Crippen LogP contribution in [0.2, 0.25) is 0 Å². The van der Waals surface area contributed by atoms with Crippen molar-refractivity contribution in [1.82, 2.24) is 0 Å². The molecule has 4 rings (SSSR count). The van der Waals surface area contributed by atoms with E-state index in [9.17, 15) is 4.79 Å². The van der Waals surface area contributed by atoms with Gasteiger partial charge in [0.15, 0.2) is 0 Å². The van der Waals surface area contributed by atoms with Crippen molar-refractivity contribution in [2.45, 2.75) is 91.9 Å². The van der Waals surface area contributed by atoms with Gasteiger partial charge in [-0.15, -0.1) is 0 Å². The maximum Gasteiger partial charge on any atom is 0.139 e. The maximum atomic E-state index is 12.9. The SMILES string of the molecule is CC(C)C(=O)[C@H]1CC[C@H]2[C@@H]3CCC4CCCC[C@]4(C)[C@H]3CC[C@]12C. The number of hydrogen-bond acceptors (Lipinski definition) is 1. The molecule has 0 amide bonds. The van der Waals surface area contributed by atoms with Gasteiger partial charge >= 0.3 is 0 Å². The van der Waals surface area contributed by atoms with Crippen molar-refractivity contribution >= 4 is 5.78 Å². The van der Waals surface area contributed by atoms with E-state index in [4.69, 9.17) is 0 Å². The van der Waals surface area contributed by atoms with Gasteiger partial charge in [0.05, 0.1) is 0 Å². The fourth-order valence-electron chi connectivity index (χ4n) is 8.16. The van der Waals surface area contributed by atoms with E-state index in [1.165, 1.54) is 64.2 Å². The number of carbonyl (C=O) groups is 1. The molecule has 7 atom stereocenters. The highest BCUT2D eigenvalue weighted by Gasteiger charge is 2.60. The summed E-state index contributed by atoms with van der Waals surface area (Å²) >= 11 is 0. The van der Waals surface area contributed by atoms with Crippen LogP contribution in [0, 0.1) is 46.3 Å². The van der Waals surface area contributed by atoms with E-state index in [0.717, 1.165) is 23.7 Å². The van der Waals surface area contributed by atoms with E-state index < -0.39 is 0 Å². The van der Waals surface area contributed by atoms with Gasteiger partial charge in [-0.05, 0) is 85.9 Å². The summed E-state index contributed by atoms with van der Waals surface area (Å²) < 4.78 is 0. The number of Topliss-reactive ketones (excluding diaryl/α,β-unsaturated/α-hetero) is 1. The molecule has 4 aliphatic rings. The molecule has 0 aromatic rings. The smallest absolute Gasteiger partial charge is 0.139 e. The summed E-state index contributed by atoms with van der Waals surface area (Å²) in [6.07, 6.45) is 14.1. The van der Waals surface area contributed by atoms with Gasteiger partial charge in [0.2, 0.25) is 0 Å². The molecule has 1 unspecified atom stereocenters. The molecule has 4 aliphatic carbocycles. The Morgan fingerprint density at radius 1 is 0.833 bits per heavy atom. The average Bonchev–Trinajstić information content (AvgIpc) is 2.90. The van der Waals surface area contributed by atoms with Gasteiger partial charge < -0.3 is 0 Å². The summed E-state index contributed by atoms with van der Waals surface area (Å²) in [6, 6.07) is 0. The Balaban J connectivity index is 1.60. The summed E-state index contributed by atoms with van der Waals surface area (Å²) in [6.45, 7) is 9.38. The number of carbonyl (C=O) groups excluding carboxylic acids is 1. The molecule has 0 aliphatic heterocycles. The Bertz CT molecular complexity index is 508. The Labute approximate surface area is 149 Å². The van der Waals surface area contributed by atoms with Crippen molar-refractivity contribution in [3.8, 4) is 0 Å². The highest BCUT2D eigenvalue weighted by molar-refractivity contribution is 5.84. The highest BCUT2D eigenvalue weighted by Crippen LogP contribution is 2.67. The lowest BCUT2D eigenvalue weighted by atomic mass is 9.44. The van der Waals surface area contributed by atoms with Crippen LogP contribution < -0.4 is 0 Å². The predicted octanol–water partition coefficient (Wildman–Crippen LogP) is 6.26. The molecule has 1 heteroatoms. The molecule has 0 aromatic carbocycles. The lowest BCUT2D eigenvalue weighted by Crippen LogP contribution is -2.53. The van der Waals surface area contributed by atoms with Crippen LogP contribution in [0.25, 0.3) is 0 Å². The molecule has 4 saturated carbocycles. The Morgan fingerprint density at radius 3 is 2.33 bits per heavy atom. The number of hydrogen-bond donors (Lipinski definition) is 0. The molecule has 136 valence electrons. The minimum atomic E-state index is 0.217. The number of rotatable bonds is 2. The molecule has 0 spiro atoms. The molecule has 1 nitrogen and oxygen atoms in total. The molecule has 0 N–H and O–H groups in total. The third-order valence-corrected chi connectivity index (χ3v) is 9.50. The van der Waals surface area contributed by atoms with Gasteiger partial charge in [0, 0.05) is 11.8 Å². The van der Waals surface area contributed by atoms with Crippen molar-refractivity contribution in [2.75, 3.05) is 0 Å². The molecule has 0 heterocycles. The molecule has 24 heavy (non-hydrogen) atoms. The minimum absolute atomic E-state index is 0.217. The van der Waals surface area contributed by atoms with Crippen LogP contribution in [-0.2, 0) is 4.79 Å². The van der Waals surface area contributed by atoms with Crippen LogP contribution in [0.3, 0.4) is 0 Å². The van der Waals surface area contributed by atoms with Crippen molar-refractivity contribution in [3.05, 3.63) is 0 Å². The van der Waals surface area contributed by atoms with Crippen molar-refractivity contribution in [2.24, 2.45) is 46.3 Å². The first-order valence-electron chi connectivity index (χ1n) is 10.9. The molecule has 0 saturated heterocycles. The largest absolute Gasteiger partial charge is 0.299 e. The van der Waals surface area contributed by atoms with Gasteiger partial charge in [-0.3, -0.25) is 4.79 Å². The second kappa shape index (κ2) is 5.85. The summed E-state index contributed by atoms with van der Waals surface area (Å²) in [5.74, 6) is 4.87. The van der Waals surface area contributed by atoms with E-state index in [2.05, 4.69) is 27.7 Å². The maximum absolute atomic E-state index is 12.9. The molecule has 0 bridgehead atoms. The number of fused-ring (bicyclic) bond motifs is 5. The molecule has 0 aromatic heterocycles. The van der Waals surface area contributed by atoms with E-state index in [0.29, 0.717) is 22.5 Å². The van der Waals surface area contributed by atoms with E-state index in [-0.39, 0.29) is 5.92 Å². The second-order valence-corrected chi connectivity index (χ2v) is 10.6. The first-order chi connectivity index (χ1) is 11.4. The monoisotopic (exact) mass is 330 g/mol. The molecular weight excluding hydrogens is 292 g/mol. The average molecular weight is 331 g/mol. The third-order valence-electron chi connectivity index (χ3n) is 9.50. The zero-order valence-corrected chi connectivity index (χ0v) is 16.4. The summed E-state index contributed by atoms with van der Waals surface area (Å²) in [5.41, 5.74) is 0.947. The van der Waals surface area contributed by atoms with E-state index >= 15 is 0 Å². The van der Waals surface area contributed by atoms with Gasteiger partial charge in [0.25, 0.3) is 0 Å². The van der Waals surface area contributed by atoms with Crippen LogP contribution in [0.4, 0.5) is 0 Å². The molecule has 0 radical (unpaired) electrons. The Hall–Kier alpha value is -0.330. The van der Waals surface area contributed by atoms with E-state index in [1.807, 2.05) is 0 Å². The second-order valence-electron chi connectivity index (χ2n) is 10.6. The fourth-order valence-corrected chi connectivity index (χ4v) is 8.16. The van der Waals surface area contributed by atoms with Gasteiger partial charge in [0.1, 0.15) is 5.78 Å². The lowest BCUT2D eigenvalue weighted by Gasteiger charge is -2.60. The zero-order chi connectivity index (χ0) is 17.1. The van der Waals surface area contributed by atoms with Crippen LogP contribution in [0.5, 0.6) is 0 Å². The molecular formula is C23H38O. The summed E-state index contributed by atoms with van der Waals surface area (Å²) in [7, 11) is 0. The lowest BCUT2D eigenvalue weighted by molar-refractivity contribution is -0.137. The minimum Gasteiger partial charge on any atom is -0.299 e. The summed E-state index contributed by atoms with van der Waals surface area (Å²) in [5, 5.41) is 0. The quantitative estimate of drug-likeness (QED) is 0.584. The fraction of sp³-hybridized carbons (Fsp3) is 0.957. The van der Waals surface area contributed by atoms with Gasteiger partial charge in [-0.2, -0.15) is 0 Å². The van der Waals surface area contributed by atoms with Gasteiger partial charge in [-0.25, -0.2) is 0 Å². The van der Waals surface area contributed by atoms with Crippen molar-refractivity contribution in [3.63, 3.8) is 0 Å². The summed E-state index contributed by atoms with van der Waals surface area (Å²) in [4.78, 5) is 12.9. The topological polar surface area (TPSA) is 17.1 Å². The first kappa shape index (κ1) is 17.1. The first-order valence-corrected chi connectivity index (χ1v) is 10.9. The molecule has 4 fully saturated rings. The predicted molar refractivity (Wildman–Crippen MR) is 99.7 cm³/mol. The van der Waals surface area contributed by atoms with E-state index in [1.54, 1.807) is 0 Å². The number of ketones is 1. The van der Waals surface area contributed by atoms with Crippen LogP contribution in [0.15, 0.2) is 0 Å². The highest BCUT2D eigenvalue weighted by atomic mass is 16.1. The zero-order valence-electron chi connectivity index (χ0n) is 16.4. The normalized spacial score (nSPS) is 51.0. The third kappa shape index (κ3) is 2.28. The van der Waals surface area contributed by atoms with Crippen LogP contribution in [0.1, 0.15) is 91.9 Å². The van der Waals surface area contributed by atoms with Crippen LogP contribution in [-0.4, -0.2) is 5.78 Å². The Morgan fingerprint density at radius 2 is 1.58 bits per heavy atom. The Kier molecular flexibility index (Phi) is 4.17.